The Labute approximate surface area is 89.9 Å². The molecule has 0 saturated heterocycles. The summed E-state index contributed by atoms with van der Waals surface area (Å²) in [5, 5.41) is 6.13. The van der Waals surface area contributed by atoms with E-state index in [1.165, 1.54) is 5.56 Å². The molecule has 0 radical (unpaired) electrons. The van der Waals surface area contributed by atoms with Crippen LogP contribution in [-0.2, 0) is 4.79 Å². The molecule has 0 aromatic heterocycles. The molecule has 1 aromatic rings. The van der Waals surface area contributed by atoms with E-state index in [2.05, 4.69) is 23.6 Å². The van der Waals surface area contributed by atoms with Gasteiger partial charge in [-0.05, 0) is 26.0 Å². The van der Waals surface area contributed by atoms with Gasteiger partial charge in [-0.2, -0.15) is 0 Å². The van der Waals surface area contributed by atoms with Crippen LogP contribution in [0, 0.1) is 6.92 Å². The van der Waals surface area contributed by atoms with Gasteiger partial charge >= 0.3 is 0 Å². The number of hydrogen-bond acceptors (Lipinski definition) is 2. The van der Waals surface area contributed by atoms with Crippen LogP contribution in [0.4, 0.5) is 5.69 Å². The monoisotopic (exact) mass is 204 g/mol. The normalized spacial score (nSPS) is 18.8. The molecule has 2 N–H and O–H groups in total. The molecule has 1 aromatic carbocycles. The first kappa shape index (κ1) is 10.2. The maximum atomic E-state index is 11.7. The minimum absolute atomic E-state index is 0.0593. The van der Waals surface area contributed by atoms with E-state index < -0.39 is 0 Å². The molecule has 0 aliphatic carbocycles. The Morgan fingerprint density at radius 2 is 2.27 bits per heavy atom. The van der Waals surface area contributed by atoms with Gasteiger partial charge in [-0.1, -0.05) is 24.6 Å². The summed E-state index contributed by atoms with van der Waals surface area (Å²) in [6.07, 6.45) is 1.03. The number of hydrogen-bond donors (Lipinski definition) is 2. The average Bonchev–Trinajstić information content (AvgIpc) is 2.51. The van der Waals surface area contributed by atoms with E-state index in [4.69, 9.17) is 0 Å². The van der Waals surface area contributed by atoms with Crippen molar-refractivity contribution in [3.8, 4) is 0 Å². The highest BCUT2D eigenvalue weighted by atomic mass is 16.2. The highest BCUT2D eigenvalue weighted by molar-refractivity contribution is 6.02. The molecule has 1 aliphatic rings. The van der Waals surface area contributed by atoms with Crippen LogP contribution in [0.1, 0.15) is 30.5 Å². The van der Waals surface area contributed by atoms with Crippen molar-refractivity contribution in [1.82, 2.24) is 5.32 Å². The van der Waals surface area contributed by atoms with Gasteiger partial charge < -0.3 is 10.6 Å². The Hall–Kier alpha value is -1.35. The molecule has 0 fully saturated rings. The Balaban J connectivity index is 2.27. The van der Waals surface area contributed by atoms with Gasteiger partial charge in [-0.25, -0.2) is 0 Å². The van der Waals surface area contributed by atoms with Crippen molar-refractivity contribution in [3.05, 3.63) is 29.3 Å². The van der Waals surface area contributed by atoms with Gasteiger partial charge in [0, 0.05) is 11.3 Å². The third-order valence-electron chi connectivity index (χ3n) is 2.64. The van der Waals surface area contributed by atoms with Gasteiger partial charge in [0.15, 0.2) is 0 Å². The first-order valence-corrected chi connectivity index (χ1v) is 5.37. The van der Waals surface area contributed by atoms with E-state index in [0.717, 1.165) is 24.2 Å². The number of rotatable bonds is 3. The van der Waals surface area contributed by atoms with Gasteiger partial charge in [-0.3, -0.25) is 4.79 Å². The largest absolute Gasteiger partial charge is 0.324 e. The average molecular weight is 204 g/mol. The summed E-state index contributed by atoms with van der Waals surface area (Å²) in [4.78, 5) is 11.7. The predicted molar refractivity (Wildman–Crippen MR) is 60.8 cm³/mol. The highest BCUT2D eigenvalue weighted by Gasteiger charge is 2.29. The molecule has 3 heteroatoms. The Bertz CT molecular complexity index is 387. The molecule has 0 spiro atoms. The summed E-state index contributed by atoms with van der Waals surface area (Å²) in [5.41, 5.74) is 3.21. The van der Waals surface area contributed by atoms with E-state index in [0.29, 0.717) is 0 Å². The number of amides is 1. The first-order valence-electron chi connectivity index (χ1n) is 5.37. The van der Waals surface area contributed by atoms with E-state index in [9.17, 15) is 4.79 Å². The fraction of sp³-hybridized carbons (Fsp3) is 0.417. The molecule has 80 valence electrons. The zero-order chi connectivity index (χ0) is 10.8. The summed E-state index contributed by atoms with van der Waals surface area (Å²) < 4.78 is 0. The predicted octanol–water partition coefficient (Wildman–Crippen LogP) is 1.99. The van der Waals surface area contributed by atoms with E-state index >= 15 is 0 Å². The summed E-state index contributed by atoms with van der Waals surface area (Å²) >= 11 is 0. The van der Waals surface area contributed by atoms with Gasteiger partial charge in [0.2, 0.25) is 5.91 Å². The number of aryl methyl sites for hydroxylation is 1. The van der Waals surface area contributed by atoms with Crippen molar-refractivity contribution < 1.29 is 4.79 Å². The lowest BCUT2D eigenvalue weighted by molar-refractivity contribution is -0.117. The van der Waals surface area contributed by atoms with Crippen molar-refractivity contribution in [2.75, 3.05) is 11.9 Å². The molecule has 1 aliphatic heterocycles. The third-order valence-corrected chi connectivity index (χ3v) is 2.64. The second-order valence-electron chi connectivity index (χ2n) is 3.97. The zero-order valence-corrected chi connectivity index (χ0v) is 9.13. The summed E-state index contributed by atoms with van der Waals surface area (Å²) in [6, 6.07) is 5.89. The zero-order valence-electron chi connectivity index (χ0n) is 9.13. The maximum absolute atomic E-state index is 11.7. The molecule has 3 nitrogen and oxygen atoms in total. The van der Waals surface area contributed by atoms with Crippen LogP contribution >= 0.6 is 0 Å². The molecule has 15 heavy (non-hydrogen) atoms. The highest BCUT2D eigenvalue weighted by Crippen LogP contribution is 2.31. The van der Waals surface area contributed by atoms with Crippen molar-refractivity contribution in [2.24, 2.45) is 0 Å². The Morgan fingerprint density at radius 3 is 3.00 bits per heavy atom. The number of nitrogens with one attached hydrogen (secondary N) is 2. The number of carbonyl (C=O) groups excluding carboxylic acids is 1. The van der Waals surface area contributed by atoms with Crippen molar-refractivity contribution in [2.45, 2.75) is 26.3 Å². The van der Waals surface area contributed by atoms with Crippen LogP contribution < -0.4 is 10.6 Å². The Kier molecular flexibility index (Phi) is 2.73. The van der Waals surface area contributed by atoms with Crippen LogP contribution in [0.2, 0.25) is 0 Å². The topological polar surface area (TPSA) is 41.1 Å². The minimum atomic E-state index is -0.167. The van der Waals surface area contributed by atoms with Gasteiger partial charge in [0.25, 0.3) is 0 Å². The van der Waals surface area contributed by atoms with Gasteiger partial charge in [0.1, 0.15) is 6.04 Å². The number of fused-ring (bicyclic) bond motifs is 1. The van der Waals surface area contributed by atoms with Crippen molar-refractivity contribution in [1.29, 1.82) is 0 Å². The van der Waals surface area contributed by atoms with Crippen LogP contribution in [0.25, 0.3) is 0 Å². The first-order chi connectivity index (χ1) is 7.22. The van der Waals surface area contributed by atoms with E-state index in [1.54, 1.807) is 0 Å². The maximum Gasteiger partial charge on any atom is 0.246 e. The summed E-state index contributed by atoms with van der Waals surface area (Å²) in [6.45, 7) is 5.00. The molecule has 1 atom stereocenters. The standard InChI is InChI=1S/C12H16N2O/c1-3-6-13-11-9-7-8(2)4-5-10(9)14-12(11)15/h4-5,7,11,13H,3,6H2,1-2H3,(H,14,15). The summed E-state index contributed by atoms with van der Waals surface area (Å²) in [7, 11) is 0. The van der Waals surface area contributed by atoms with E-state index in [1.807, 2.05) is 19.1 Å². The van der Waals surface area contributed by atoms with Gasteiger partial charge in [-0.15, -0.1) is 0 Å². The lowest BCUT2D eigenvalue weighted by Gasteiger charge is -2.10. The lowest BCUT2D eigenvalue weighted by Crippen LogP contribution is -2.28. The van der Waals surface area contributed by atoms with E-state index in [-0.39, 0.29) is 11.9 Å². The second-order valence-corrected chi connectivity index (χ2v) is 3.97. The van der Waals surface area contributed by atoms with Crippen molar-refractivity contribution >= 4 is 11.6 Å². The number of benzene rings is 1. The molecule has 0 bridgehead atoms. The van der Waals surface area contributed by atoms with Crippen LogP contribution in [0.15, 0.2) is 18.2 Å². The number of carbonyl (C=O) groups is 1. The lowest BCUT2D eigenvalue weighted by atomic mass is 10.1. The molecule has 1 heterocycles. The van der Waals surface area contributed by atoms with Crippen LogP contribution in [-0.4, -0.2) is 12.5 Å². The second kappa shape index (κ2) is 4.03. The summed E-state index contributed by atoms with van der Waals surface area (Å²) in [5.74, 6) is 0.0593. The molecule has 1 amide bonds. The molecular weight excluding hydrogens is 188 g/mol. The van der Waals surface area contributed by atoms with Crippen LogP contribution in [0.3, 0.4) is 0 Å². The van der Waals surface area contributed by atoms with Gasteiger partial charge in [0.05, 0.1) is 0 Å². The SMILES string of the molecule is CCCNC1C(=O)Nc2ccc(C)cc21. The smallest absolute Gasteiger partial charge is 0.246 e. The van der Waals surface area contributed by atoms with Crippen LogP contribution in [0.5, 0.6) is 0 Å². The fourth-order valence-electron chi connectivity index (χ4n) is 1.87. The third kappa shape index (κ3) is 1.88. The Morgan fingerprint density at radius 1 is 1.47 bits per heavy atom. The minimum Gasteiger partial charge on any atom is -0.324 e. The number of anilines is 1. The fourth-order valence-corrected chi connectivity index (χ4v) is 1.87. The molecule has 2 rings (SSSR count). The molecule has 0 saturated carbocycles. The molecule has 1 unspecified atom stereocenters. The quantitative estimate of drug-likeness (QED) is 0.790. The van der Waals surface area contributed by atoms with Crippen molar-refractivity contribution in [3.63, 3.8) is 0 Å². The molecular formula is C12H16N2O.